The van der Waals surface area contributed by atoms with Crippen LogP contribution in [-0.4, -0.2) is 17.3 Å². The van der Waals surface area contributed by atoms with Crippen molar-refractivity contribution >= 4 is 35.0 Å². The number of hydrogen-bond donors (Lipinski definition) is 1. The number of hydrogen-bond acceptors (Lipinski definition) is 3. The molecular formula is C21H24ClNO2S. The van der Waals surface area contributed by atoms with Crippen LogP contribution < -0.4 is 10.1 Å². The minimum absolute atomic E-state index is 0.0110. The summed E-state index contributed by atoms with van der Waals surface area (Å²) in [6.07, 6.45) is 5.88. The zero-order valence-corrected chi connectivity index (χ0v) is 16.5. The fourth-order valence-electron chi connectivity index (χ4n) is 3.04. The monoisotopic (exact) mass is 389 g/mol. The molecule has 0 aromatic heterocycles. The number of rotatable bonds is 7. The third-order valence-corrected chi connectivity index (χ3v) is 6.11. The summed E-state index contributed by atoms with van der Waals surface area (Å²) in [5.74, 6) is 0.884. The molecule has 2 aromatic rings. The molecule has 1 N–H and O–H groups in total. The highest BCUT2D eigenvalue weighted by Crippen LogP contribution is 2.28. The first-order chi connectivity index (χ1) is 12.6. The van der Waals surface area contributed by atoms with Crippen LogP contribution in [0.4, 0.5) is 5.69 Å². The summed E-state index contributed by atoms with van der Waals surface area (Å²) >= 11 is 7.47. The first-order valence-electron chi connectivity index (χ1n) is 9.14. The summed E-state index contributed by atoms with van der Waals surface area (Å²) in [5.41, 5.74) is 0.795. The van der Waals surface area contributed by atoms with Gasteiger partial charge in [0.15, 0.2) is 0 Å². The van der Waals surface area contributed by atoms with E-state index in [9.17, 15) is 4.79 Å². The molecule has 1 saturated carbocycles. The van der Waals surface area contributed by atoms with E-state index in [-0.39, 0.29) is 11.2 Å². The predicted molar refractivity (Wildman–Crippen MR) is 109 cm³/mol. The zero-order valence-electron chi connectivity index (χ0n) is 14.9. The van der Waals surface area contributed by atoms with Gasteiger partial charge in [0.1, 0.15) is 5.75 Å². The summed E-state index contributed by atoms with van der Waals surface area (Å²) < 4.78 is 5.96. The Balaban J connectivity index is 1.55. The second-order valence-corrected chi connectivity index (χ2v) is 8.22. The van der Waals surface area contributed by atoms with Crippen LogP contribution in [0.25, 0.3) is 0 Å². The molecule has 138 valence electrons. The molecule has 2 aromatic carbocycles. The largest absolute Gasteiger partial charge is 0.490 e. The van der Waals surface area contributed by atoms with Crippen molar-refractivity contribution in [2.75, 3.05) is 5.32 Å². The molecule has 0 saturated heterocycles. The Hall–Kier alpha value is -1.65. The van der Waals surface area contributed by atoms with Gasteiger partial charge in [0.25, 0.3) is 0 Å². The SMILES string of the molecule is CC[C@H](Sc1ccc(Cl)cc1)C(=O)Nc1ccc(OC2CCCC2)cc1. The summed E-state index contributed by atoms with van der Waals surface area (Å²) in [6, 6.07) is 15.2. The average Bonchev–Trinajstić information content (AvgIpc) is 3.16. The lowest BCUT2D eigenvalue weighted by Gasteiger charge is -2.16. The van der Waals surface area contributed by atoms with Crippen LogP contribution in [0.2, 0.25) is 5.02 Å². The maximum Gasteiger partial charge on any atom is 0.237 e. The standard InChI is InChI=1S/C21H24ClNO2S/c1-2-20(26-19-13-7-15(22)8-14-19)21(24)23-16-9-11-18(12-10-16)25-17-5-3-4-6-17/h7-14,17,20H,2-6H2,1H3,(H,23,24)/t20-/m0/s1. The summed E-state index contributed by atoms with van der Waals surface area (Å²) in [5, 5.41) is 3.56. The normalized spacial score (nSPS) is 15.6. The lowest BCUT2D eigenvalue weighted by molar-refractivity contribution is -0.115. The third-order valence-electron chi connectivity index (χ3n) is 4.48. The molecule has 5 heteroatoms. The van der Waals surface area contributed by atoms with Gasteiger partial charge in [-0.1, -0.05) is 18.5 Å². The van der Waals surface area contributed by atoms with Crippen molar-refractivity contribution in [3.8, 4) is 5.75 Å². The Kier molecular flexibility index (Phi) is 6.86. The first-order valence-corrected chi connectivity index (χ1v) is 10.4. The van der Waals surface area contributed by atoms with Gasteiger partial charge >= 0.3 is 0 Å². The smallest absolute Gasteiger partial charge is 0.237 e. The molecule has 0 radical (unpaired) electrons. The molecule has 3 rings (SSSR count). The highest BCUT2D eigenvalue weighted by atomic mass is 35.5. The predicted octanol–water partition coefficient (Wildman–Crippen LogP) is 6.17. The van der Waals surface area contributed by atoms with Gasteiger partial charge in [-0.2, -0.15) is 0 Å². The molecule has 1 amide bonds. The maximum atomic E-state index is 12.6. The van der Waals surface area contributed by atoms with E-state index in [2.05, 4.69) is 5.32 Å². The number of amides is 1. The molecule has 1 atom stereocenters. The van der Waals surface area contributed by atoms with E-state index in [1.54, 1.807) is 11.8 Å². The van der Waals surface area contributed by atoms with Crippen LogP contribution in [-0.2, 0) is 4.79 Å². The Bertz CT molecular complexity index is 712. The van der Waals surface area contributed by atoms with E-state index in [4.69, 9.17) is 16.3 Å². The Labute approximate surface area is 164 Å². The molecule has 0 bridgehead atoms. The van der Waals surface area contributed by atoms with Gasteiger partial charge in [-0.15, -0.1) is 11.8 Å². The van der Waals surface area contributed by atoms with E-state index in [1.807, 2.05) is 55.5 Å². The van der Waals surface area contributed by atoms with Crippen molar-refractivity contribution in [3.63, 3.8) is 0 Å². The number of thioether (sulfide) groups is 1. The molecule has 1 aliphatic rings. The van der Waals surface area contributed by atoms with Crippen LogP contribution >= 0.6 is 23.4 Å². The summed E-state index contributed by atoms with van der Waals surface area (Å²) in [7, 11) is 0. The second-order valence-electron chi connectivity index (χ2n) is 6.51. The van der Waals surface area contributed by atoms with Gasteiger partial charge in [0.05, 0.1) is 11.4 Å². The molecule has 0 spiro atoms. The maximum absolute atomic E-state index is 12.6. The lowest BCUT2D eigenvalue weighted by Crippen LogP contribution is -2.24. The van der Waals surface area contributed by atoms with Gasteiger partial charge in [0.2, 0.25) is 5.91 Å². The molecule has 1 fully saturated rings. The first kappa shape index (κ1) is 19.1. The van der Waals surface area contributed by atoms with Crippen LogP contribution in [0.3, 0.4) is 0 Å². The number of benzene rings is 2. The molecule has 0 unspecified atom stereocenters. The zero-order chi connectivity index (χ0) is 18.4. The van der Waals surface area contributed by atoms with Gasteiger partial charge in [0, 0.05) is 15.6 Å². The van der Waals surface area contributed by atoms with E-state index >= 15 is 0 Å². The Morgan fingerprint density at radius 3 is 2.42 bits per heavy atom. The topological polar surface area (TPSA) is 38.3 Å². The van der Waals surface area contributed by atoms with Gasteiger partial charge in [-0.05, 0) is 80.6 Å². The number of anilines is 1. The van der Waals surface area contributed by atoms with Crippen LogP contribution in [0, 0.1) is 0 Å². The van der Waals surface area contributed by atoms with E-state index in [1.165, 1.54) is 12.8 Å². The lowest BCUT2D eigenvalue weighted by atomic mass is 10.2. The highest BCUT2D eigenvalue weighted by molar-refractivity contribution is 8.00. The number of carbonyl (C=O) groups is 1. The number of nitrogens with one attached hydrogen (secondary N) is 1. The number of ether oxygens (including phenoxy) is 1. The fourth-order valence-corrected chi connectivity index (χ4v) is 4.12. The molecule has 0 heterocycles. The van der Waals surface area contributed by atoms with Crippen molar-refractivity contribution in [1.82, 2.24) is 0 Å². The molecular weight excluding hydrogens is 366 g/mol. The Morgan fingerprint density at radius 2 is 1.81 bits per heavy atom. The fraction of sp³-hybridized carbons (Fsp3) is 0.381. The van der Waals surface area contributed by atoms with Gasteiger partial charge in [-0.25, -0.2) is 0 Å². The number of carbonyl (C=O) groups excluding carboxylic acids is 1. The molecule has 0 aliphatic heterocycles. The van der Waals surface area contributed by atoms with Gasteiger partial charge < -0.3 is 10.1 Å². The van der Waals surface area contributed by atoms with Crippen molar-refractivity contribution in [2.24, 2.45) is 0 Å². The number of halogens is 1. The summed E-state index contributed by atoms with van der Waals surface area (Å²) in [6.45, 7) is 2.02. The third kappa shape index (κ3) is 5.42. The Morgan fingerprint density at radius 1 is 1.15 bits per heavy atom. The van der Waals surface area contributed by atoms with Crippen molar-refractivity contribution in [2.45, 2.75) is 55.3 Å². The van der Waals surface area contributed by atoms with E-state index in [0.29, 0.717) is 11.1 Å². The summed E-state index contributed by atoms with van der Waals surface area (Å²) in [4.78, 5) is 13.6. The molecule has 26 heavy (non-hydrogen) atoms. The van der Waals surface area contributed by atoms with Crippen molar-refractivity contribution in [3.05, 3.63) is 53.6 Å². The molecule has 1 aliphatic carbocycles. The van der Waals surface area contributed by atoms with Crippen LogP contribution in [0.15, 0.2) is 53.4 Å². The minimum Gasteiger partial charge on any atom is -0.490 e. The van der Waals surface area contributed by atoms with Crippen LogP contribution in [0.1, 0.15) is 39.0 Å². The average molecular weight is 390 g/mol. The quantitative estimate of drug-likeness (QED) is 0.575. The highest BCUT2D eigenvalue weighted by Gasteiger charge is 2.19. The van der Waals surface area contributed by atoms with Crippen molar-refractivity contribution < 1.29 is 9.53 Å². The van der Waals surface area contributed by atoms with Crippen LogP contribution in [0.5, 0.6) is 5.75 Å². The molecule has 3 nitrogen and oxygen atoms in total. The minimum atomic E-state index is -0.148. The van der Waals surface area contributed by atoms with E-state index in [0.717, 1.165) is 35.6 Å². The van der Waals surface area contributed by atoms with Gasteiger partial charge in [-0.3, -0.25) is 4.79 Å². The van der Waals surface area contributed by atoms with Crippen molar-refractivity contribution in [1.29, 1.82) is 0 Å². The second kappa shape index (κ2) is 9.33. The van der Waals surface area contributed by atoms with E-state index < -0.39 is 0 Å².